The second-order valence-electron chi connectivity index (χ2n) is 5.06. The summed E-state index contributed by atoms with van der Waals surface area (Å²) in [6.07, 6.45) is 2.14. The van der Waals surface area contributed by atoms with E-state index in [2.05, 4.69) is 5.32 Å². The lowest BCUT2D eigenvalue weighted by Crippen LogP contribution is -2.33. The van der Waals surface area contributed by atoms with Crippen molar-refractivity contribution in [2.24, 2.45) is 0 Å². The van der Waals surface area contributed by atoms with Crippen molar-refractivity contribution in [1.29, 1.82) is 0 Å². The van der Waals surface area contributed by atoms with Crippen molar-refractivity contribution in [2.45, 2.75) is 18.9 Å². The molecule has 0 aliphatic carbocycles. The number of carbonyl (C=O) groups is 1. The lowest BCUT2D eigenvalue weighted by Gasteiger charge is -2.11. The molecule has 0 aromatic carbocycles. The molecule has 0 saturated carbocycles. The summed E-state index contributed by atoms with van der Waals surface area (Å²) in [4.78, 5) is 13.6. The van der Waals surface area contributed by atoms with Crippen molar-refractivity contribution in [3.8, 4) is 0 Å². The van der Waals surface area contributed by atoms with Crippen molar-refractivity contribution in [1.82, 2.24) is 9.62 Å². The number of thiophene rings is 1. The molecule has 1 aromatic rings. The summed E-state index contributed by atoms with van der Waals surface area (Å²) in [6, 6.07) is 3.67. The Hall–Kier alpha value is -0.960. The first-order valence-electron chi connectivity index (χ1n) is 6.80. The normalized spacial score (nSPS) is 19.1. The van der Waals surface area contributed by atoms with E-state index in [0.717, 1.165) is 28.6 Å². The SMILES string of the molecule is CN(C)S(=O)(=O)CCNC(=O)c1ccc(C2CCCO2)s1. The number of hydrogen-bond acceptors (Lipinski definition) is 5. The Morgan fingerprint density at radius 1 is 1.48 bits per heavy atom. The van der Waals surface area contributed by atoms with Gasteiger partial charge in [-0.05, 0) is 25.0 Å². The fourth-order valence-corrected chi connectivity index (χ4v) is 3.75. The van der Waals surface area contributed by atoms with E-state index in [-0.39, 0.29) is 24.3 Å². The number of nitrogens with zero attached hydrogens (tertiary/aromatic N) is 1. The van der Waals surface area contributed by atoms with E-state index < -0.39 is 10.0 Å². The summed E-state index contributed by atoms with van der Waals surface area (Å²) in [5.74, 6) is -0.339. The highest BCUT2D eigenvalue weighted by Crippen LogP contribution is 2.33. The second kappa shape index (κ2) is 6.87. The maximum atomic E-state index is 12.0. The van der Waals surface area contributed by atoms with E-state index in [1.807, 2.05) is 6.07 Å². The van der Waals surface area contributed by atoms with Crippen LogP contribution in [0.1, 0.15) is 33.5 Å². The van der Waals surface area contributed by atoms with Gasteiger partial charge in [-0.25, -0.2) is 12.7 Å². The molecule has 1 N–H and O–H groups in total. The molecule has 1 amide bonds. The lowest BCUT2D eigenvalue weighted by molar-refractivity contribution is 0.0960. The van der Waals surface area contributed by atoms with Gasteiger partial charge >= 0.3 is 0 Å². The van der Waals surface area contributed by atoms with Gasteiger partial charge in [-0.2, -0.15) is 0 Å². The number of sulfonamides is 1. The van der Waals surface area contributed by atoms with Gasteiger partial charge in [-0.1, -0.05) is 0 Å². The molecule has 6 nitrogen and oxygen atoms in total. The van der Waals surface area contributed by atoms with E-state index in [9.17, 15) is 13.2 Å². The van der Waals surface area contributed by atoms with Gasteiger partial charge in [0, 0.05) is 32.1 Å². The van der Waals surface area contributed by atoms with Gasteiger partial charge in [0.2, 0.25) is 10.0 Å². The van der Waals surface area contributed by atoms with E-state index in [1.165, 1.54) is 25.4 Å². The molecule has 1 fully saturated rings. The summed E-state index contributed by atoms with van der Waals surface area (Å²) in [7, 11) is -0.329. The van der Waals surface area contributed by atoms with Crippen LogP contribution >= 0.6 is 11.3 Å². The molecule has 0 bridgehead atoms. The van der Waals surface area contributed by atoms with Gasteiger partial charge in [0.15, 0.2) is 0 Å². The average Bonchev–Trinajstić information content (AvgIpc) is 3.09. The Bertz CT molecular complexity index is 589. The molecule has 1 atom stereocenters. The molecule has 21 heavy (non-hydrogen) atoms. The van der Waals surface area contributed by atoms with Crippen LogP contribution in [0, 0.1) is 0 Å². The number of carbonyl (C=O) groups excluding carboxylic acids is 1. The number of amides is 1. The first kappa shape index (κ1) is 16.4. The molecular weight excluding hydrogens is 312 g/mol. The van der Waals surface area contributed by atoms with E-state index in [1.54, 1.807) is 6.07 Å². The zero-order chi connectivity index (χ0) is 15.5. The number of hydrogen-bond donors (Lipinski definition) is 1. The minimum atomic E-state index is -3.28. The molecule has 2 heterocycles. The largest absolute Gasteiger partial charge is 0.373 e. The molecule has 1 aromatic heterocycles. The van der Waals surface area contributed by atoms with Gasteiger partial charge in [-0.3, -0.25) is 4.79 Å². The van der Waals surface area contributed by atoms with Crippen LogP contribution in [0.2, 0.25) is 0 Å². The van der Waals surface area contributed by atoms with Crippen LogP contribution in [0.3, 0.4) is 0 Å². The van der Waals surface area contributed by atoms with Crippen LogP contribution in [0.4, 0.5) is 0 Å². The van der Waals surface area contributed by atoms with Crippen LogP contribution in [0.5, 0.6) is 0 Å². The van der Waals surface area contributed by atoms with E-state index >= 15 is 0 Å². The highest BCUT2D eigenvalue weighted by atomic mass is 32.2. The summed E-state index contributed by atoms with van der Waals surface area (Å²) >= 11 is 1.41. The Balaban J connectivity index is 1.86. The van der Waals surface area contributed by atoms with Crippen molar-refractivity contribution in [3.63, 3.8) is 0 Å². The van der Waals surface area contributed by atoms with Gasteiger partial charge in [-0.15, -0.1) is 11.3 Å². The number of rotatable bonds is 6. The third-order valence-electron chi connectivity index (χ3n) is 3.30. The zero-order valence-corrected chi connectivity index (χ0v) is 13.8. The fraction of sp³-hybridized carbons (Fsp3) is 0.615. The van der Waals surface area contributed by atoms with Crippen LogP contribution in [-0.4, -0.2) is 51.6 Å². The minimum Gasteiger partial charge on any atom is -0.373 e. The van der Waals surface area contributed by atoms with Crippen molar-refractivity contribution >= 4 is 27.3 Å². The predicted molar refractivity (Wildman–Crippen MR) is 82.1 cm³/mol. The molecule has 1 aliphatic rings. The quantitative estimate of drug-likeness (QED) is 0.850. The van der Waals surface area contributed by atoms with Gasteiger partial charge in [0.1, 0.15) is 0 Å². The molecule has 0 radical (unpaired) electrons. The molecular formula is C13H20N2O4S2. The van der Waals surface area contributed by atoms with E-state index in [0.29, 0.717) is 4.88 Å². The standard InChI is InChI=1S/C13H20N2O4S2/c1-15(2)21(17,18)9-7-14-13(16)12-6-5-11(20-12)10-4-3-8-19-10/h5-6,10H,3-4,7-9H2,1-2H3,(H,14,16). The third kappa shape index (κ3) is 4.26. The Morgan fingerprint density at radius 2 is 2.24 bits per heavy atom. The van der Waals surface area contributed by atoms with E-state index in [4.69, 9.17) is 4.74 Å². The molecule has 1 aliphatic heterocycles. The monoisotopic (exact) mass is 332 g/mol. The maximum absolute atomic E-state index is 12.0. The van der Waals surface area contributed by atoms with Crippen LogP contribution in [0.15, 0.2) is 12.1 Å². The Labute approximate surface area is 129 Å². The summed E-state index contributed by atoms with van der Waals surface area (Å²) in [6.45, 7) is 0.874. The van der Waals surface area contributed by atoms with Gasteiger partial charge in [0.25, 0.3) is 5.91 Å². The molecule has 8 heteroatoms. The highest BCUT2D eigenvalue weighted by molar-refractivity contribution is 7.89. The van der Waals surface area contributed by atoms with Crippen LogP contribution < -0.4 is 5.32 Å². The topological polar surface area (TPSA) is 75.7 Å². The van der Waals surface area contributed by atoms with Gasteiger partial charge in [0.05, 0.1) is 16.7 Å². The summed E-state index contributed by atoms with van der Waals surface area (Å²) in [5.41, 5.74) is 0. The smallest absolute Gasteiger partial charge is 0.261 e. The van der Waals surface area contributed by atoms with Crippen molar-refractivity contribution < 1.29 is 17.9 Å². The number of nitrogens with one attached hydrogen (secondary N) is 1. The Morgan fingerprint density at radius 3 is 2.86 bits per heavy atom. The van der Waals surface area contributed by atoms with Gasteiger partial charge < -0.3 is 10.1 Å². The fourth-order valence-electron chi connectivity index (χ4n) is 2.01. The molecule has 0 spiro atoms. The predicted octanol–water partition coefficient (Wildman–Crippen LogP) is 1.22. The first-order valence-corrected chi connectivity index (χ1v) is 9.22. The maximum Gasteiger partial charge on any atom is 0.261 e. The number of ether oxygens (including phenoxy) is 1. The first-order chi connectivity index (χ1) is 9.90. The lowest BCUT2D eigenvalue weighted by atomic mass is 10.2. The summed E-state index contributed by atoms with van der Waals surface area (Å²) in [5, 5.41) is 2.64. The molecule has 2 rings (SSSR count). The summed E-state index contributed by atoms with van der Waals surface area (Å²) < 4.78 is 29.9. The minimum absolute atomic E-state index is 0.101. The Kier molecular flexibility index (Phi) is 5.37. The molecule has 1 saturated heterocycles. The zero-order valence-electron chi connectivity index (χ0n) is 12.2. The van der Waals surface area contributed by atoms with Crippen molar-refractivity contribution in [2.75, 3.05) is 33.0 Å². The van der Waals surface area contributed by atoms with Crippen molar-refractivity contribution in [3.05, 3.63) is 21.9 Å². The molecule has 1 unspecified atom stereocenters. The molecule has 118 valence electrons. The highest BCUT2D eigenvalue weighted by Gasteiger charge is 2.21. The average molecular weight is 332 g/mol. The van der Waals surface area contributed by atoms with Crippen LogP contribution in [-0.2, 0) is 14.8 Å². The van der Waals surface area contributed by atoms with Crippen LogP contribution in [0.25, 0.3) is 0 Å². The second-order valence-corrected chi connectivity index (χ2v) is 8.48. The third-order valence-corrected chi connectivity index (χ3v) is 6.31.